The van der Waals surface area contributed by atoms with E-state index in [1.54, 1.807) is 25.7 Å². The zero-order chi connectivity index (χ0) is 16.9. The molecule has 0 saturated carbocycles. The molecule has 1 heterocycles. The van der Waals surface area contributed by atoms with Gasteiger partial charge in [0.2, 0.25) is 5.91 Å². The van der Waals surface area contributed by atoms with Gasteiger partial charge in [-0.1, -0.05) is 0 Å². The van der Waals surface area contributed by atoms with E-state index in [4.69, 9.17) is 15.2 Å². The van der Waals surface area contributed by atoms with Crippen molar-refractivity contribution in [1.29, 1.82) is 0 Å². The minimum atomic E-state index is -0.604. The number of amides is 2. The van der Waals surface area contributed by atoms with Gasteiger partial charge in [0, 0.05) is 19.1 Å². The van der Waals surface area contributed by atoms with Crippen LogP contribution >= 0.6 is 0 Å². The second kappa shape index (κ2) is 7.44. The smallest absolute Gasteiger partial charge is 0.407 e. The van der Waals surface area contributed by atoms with Gasteiger partial charge in [-0.2, -0.15) is 0 Å². The van der Waals surface area contributed by atoms with Gasteiger partial charge in [0.05, 0.1) is 19.6 Å². The van der Waals surface area contributed by atoms with Crippen LogP contribution < -0.4 is 11.1 Å². The first kappa shape index (κ1) is 18.2. The van der Waals surface area contributed by atoms with Crippen LogP contribution in [0.4, 0.5) is 4.79 Å². The molecule has 0 bridgehead atoms. The Labute approximate surface area is 130 Å². The van der Waals surface area contributed by atoms with Gasteiger partial charge in [-0.05, 0) is 27.2 Å². The predicted octanol–water partition coefficient (Wildman–Crippen LogP) is -0.140. The van der Waals surface area contributed by atoms with Crippen molar-refractivity contribution < 1.29 is 23.9 Å². The molecule has 22 heavy (non-hydrogen) atoms. The Morgan fingerprint density at radius 1 is 1.27 bits per heavy atom. The molecule has 8 heteroatoms. The molecule has 3 N–H and O–H groups in total. The van der Waals surface area contributed by atoms with E-state index in [-0.39, 0.29) is 18.6 Å². The maximum atomic E-state index is 11.8. The lowest BCUT2D eigenvalue weighted by atomic mass is 9.94. The van der Waals surface area contributed by atoms with Crippen molar-refractivity contribution in [2.24, 2.45) is 11.7 Å². The van der Waals surface area contributed by atoms with Gasteiger partial charge in [-0.25, -0.2) is 4.79 Å². The van der Waals surface area contributed by atoms with Crippen molar-refractivity contribution in [2.75, 3.05) is 26.7 Å². The van der Waals surface area contributed by atoms with Gasteiger partial charge in [0.25, 0.3) is 0 Å². The number of methoxy groups -OCH3 is 1. The van der Waals surface area contributed by atoms with Gasteiger partial charge in [0.1, 0.15) is 5.60 Å². The Morgan fingerprint density at radius 2 is 1.91 bits per heavy atom. The standard InChI is InChI=1S/C14H25N3O5/c1-14(2,3)22-13(20)16-10-5-9(12(19)21-4)6-17(7-10)8-11(15)18/h9-10H,5-8H2,1-4H3,(H2,15,18)(H,16,20). The third-order valence-corrected chi connectivity index (χ3v) is 3.16. The molecule has 2 atom stereocenters. The summed E-state index contributed by atoms with van der Waals surface area (Å²) in [6.07, 6.45) is -0.122. The number of nitrogens with zero attached hydrogens (tertiary/aromatic N) is 1. The highest BCUT2D eigenvalue weighted by molar-refractivity contribution is 5.76. The number of alkyl carbamates (subject to hydrolysis) is 1. The second-order valence-electron chi connectivity index (χ2n) is 6.46. The van der Waals surface area contributed by atoms with E-state index in [2.05, 4.69) is 5.32 Å². The van der Waals surface area contributed by atoms with Crippen molar-refractivity contribution in [2.45, 2.75) is 38.8 Å². The Balaban J connectivity index is 2.69. The number of ether oxygens (including phenoxy) is 2. The Bertz CT molecular complexity index is 433. The van der Waals surface area contributed by atoms with E-state index < -0.39 is 23.5 Å². The predicted molar refractivity (Wildman–Crippen MR) is 78.9 cm³/mol. The molecule has 1 fully saturated rings. The van der Waals surface area contributed by atoms with E-state index in [9.17, 15) is 14.4 Å². The summed E-state index contributed by atoms with van der Waals surface area (Å²) < 4.78 is 9.95. The van der Waals surface area contributed by atoms with Crippen LogP contribution in [0.15, 0.2) is 0 Å². The van der Waals surface area contributed by atoms with Gasteiger partial charge in [-0.15, -0.1) is 0 Å². The first-order chi connectivity index (χ1) is 10.1. The molecular formula is C14H25N3O5. The molecule has 2 unspecified atom stereocenters. The summed E-state index contributed by atoms with van der Waals surface area (Å²) in [6, 6.07) is -0.313. The Hall–Kier alpha value is -1.83. The molecule has 0 spiro atoms. The highest BCUT2D eigenvalue weighted by Gasteiger charge is 2.34. The number of rotatable bonds is 4. The number of hydrogen-bond acceptors (Lipinski definition) is 6. The van der Waals surface area contributed by atoms with E-state index in [1.807, 2.05) is 0 Å². The molecule has 126 valence electrons. The number of primary amides is 1. The zero-order valence-electron chi connectivity index (χ0n) is 13.5. The van der Waals surface area contributed by atoms with Crippen molar-refractivity contribution in [3.8, 4) is 0 Å². The van der Waals surface area contributed by atoms with Crippen LogP contribution in [-0.2, 0) is 19.1 Å². The molecule has 0 aliphatic carbocycles. The summed E-state index contributed by atoms with van der Waals surface area (Å²) in [6.45, 7) is 6.13. The molecule has 8 nitrogen and oxygen atoms in total. The Morgan fingerprint density at radius 3 is 2.41 bits per heavy atom. The lowest BCUT2D eigenvalue weighted by Crippen LogP contribution is -2.54. The maximum Gasteiger partial charge on any atom is 0.407 e. The van der Waals surface area contributed by atoms with E-state index in [1.165, 1.54) is 7.11 Å². The SMILES string of the molecule is COC(=O)C1CC(NC(=O)OC(C)(C)C)CN(CC(N)=O)C1. The summed E-state index contributed by atoms with van der Waals surface area (Å²) in [5, 5.41) is 2.72. The lowest BCUT2D eigenvalue weighted by molar-refractivity contribution is -0.148. The molecular weight excluding hydrogens is 290 g/mol. The topological polar surface area (TPSA) is 111 Å². The van der Waals surface area contributed by atoms with E-state index >= 15 is 0 Å². The average Bonchev–Trinajstić information content (AvgIpc) is 2.34. The third kappa shape index (κ3) is 6.30. The lowest BCUT2D eigenvalue weighted by Gasteiger charge is -2.36. The molecule has 0 aromatic rings. The molecule has 1 saturated heterocycles. The van der Waals surface area contributed by atoms with Crippen molar-refractivity contribution in [1.82, 2.24) is 10.2 Å². The minimum absolute atomic E-state index is 0.0278. The summed E-state index contributed by atoms with van der Waals surface area (Å²) in [5.74, 6) is -1.27. The van der Waals surface area contributed by atoms with Crippen molar-refractivity contribution in [3.63, 3.8) is 0 Å². The van der Waals surface area contributed by atoms with E-state index in [0.717, 1.165) is 0 Å². The van der Waals surface area contributed by atoms with Crippen LogP contribution in [0.1, 0.15) is 27.2 Å². The molecule has 1 aliphatic heterocycles. The van der Waals surface area contributed by atoms with E-state index in [0.29, 0.717) is 19.5 Å². The summed E-state index contributed by atoms with van der Waals surface area (Å²) in [7, 11) is 1.31. The minimum Gasteiger partial charge on any atom is -0.469 e. The monoisotopic (exact) mass is 315 g/mol. The van der Waals surface area contributed by atoms with Crippen LogP contribution in [0.3, 0.4) is 0 Å². The van der Waals surface area contributed by atoms with Crippen LogP contribution in [0, 0.1) is 5.92 Å². The van der Waals surface area contributed by atoms with Crippen molar-refractivity contribution in [3.05, 3.63) is 0 Å². The van der Waals surface area contributed by atoms with Gasteiger partial charge < -0.3 is 20.5 Å². The molecule has 0 aromatic carbocycles. The fourth-order valence-electron chi connectivity index (χ4n) is 2.46. The number of nitrogens with two attached hydrogens (primary N) is 1. The van der Waals surface area contributed by atoms with Crippen LogP contribution in [0.2, 0.25) is 0 Å². The summed E-state index contributed by atoms with van der Waals surface area (Å²) >= 11 is 0. The normalized spacial score (nSPS) is 22.7. The fraction of sp³-hybridized carbons (Fsp3) is 0.786. The second-order valence-corrected chi connectivity index (χ2v) is 6.46. The summed E-state index contributed by atoms with van der Waals surface area (Å²) in [4.78, 5) is 36.4. The van der Waals surface area contributed by atoms with Crippen LogP contribution in [0.25, 0.3) is 0 Å². The Kier molecular flexibility index (Phi) is 6.16. The fourth-order valence-corrected chi connectivity index (χ4v) is 2.46. The zero-order valence-corrected chi connectivity index (χ0v) is 13.5. The number of esters is 1. The summed E-state index contributed by atoms with van der Waals surface area (Å²) in [5.41, 5.74) is 4.59. The average molecular weight is 315 g/mol. The molecule has 1 rings (SSSR count). The molecule has 0 radical (unpaired) electrons. The maximum absolute atomic E-state index is 11.8. The van der Waals surface area contributed by atoms with Gasteiger partial charge in [-0.3, -0.25) is 14.5 Å². The first-order valence-corrected chi connectivity index (χ1v) is 7.18. The highest BCUT2D eigenvalue weighted by Crippen LogP contribution is 2.19. The quantitative estimate of drug-likeness (QED) is 0.699. The number of nitrogens with one attached hydrogen (secondary N) is 1. The molecule has 0 aromatic heterocycles. The molecule has 2 amide bonds. The number of piperidine rings is 1. The van der Waals surface area contributed by atoms with Crippen LogP contribution in [-0.4, -0.2) is 61.3 Å². The number of carbonyl (C=O) groups is 3. The van der Waals surface area contributed by atoms with Gasteiger partial charge in [0.15, 0.2) is 0 Å². The number of hydrogen-bond donors (Lipinski definition) is 2. The third-order valence-electron chi connectivity index (χ3n) is 3.16. The first-order valence-electron chi connectivity index (χ1n) is 7.18. The number of carbonyl (C=O) groups excluding carboxylic acids is 3. The highest BCUT2D eigenvalue weighted by atomic mass is 16.6. The number of likely N-dealkylation sites (tertiary alicyclic amines) is 1. The van der Waals surface area contributed by atoms with Crippen molar-refractivity contribution >= 4 is 18.0 Å². The molecule has 1 aliphatic rings. The largest absolute Gasteiger partial charge is 0.469 e. The van der Waals surface area contributed by atoms with Crippen LogP contribution in [0.5, 0.6) is 0 Å². The van der Waals surface area contributed by atoms with Gasteiger partial charge >= 0.3 is 12.1 Å².